The van der Waals surface area contributed by atoms with Gasteiger partial charge in [-0.1, -0.05) is 0 Å². The van der Waals surface area contributed by atoms with Crippen LogP contribution in [0.3, 0.4) is 0 Å². The molecule has 1 aliphatic carbocycles. The number of hydrogen-bond donors (Lipinski definition) is 2. The van der Waals surface area contributed by atoms with Gasteiger partial charge in [-0.3, -0.25) is 34.6 Å². The van der Waals surface area contributed by atoms with Crippen LogP contribution in [0.25, 0.3) is 22.3 Å². The molecule has 1 atom stereocenters. The molecule has 3 amide bonds. The highest BCUT2D eigenvalue weighted by atomic mass is 19.1. The zero-order chi connectivity index (χ0) is 42.9. The third-order valence-corrected chi connectivity index (χ3v) is 14.7. The molecule has 5 aliphatic heterocycles. The largest absolute Gasteiger partial charge is 0.488 e. The number of rotatable bonds is 10. The normalized spacial score (nSPS) is 23.6. The Kier molecular flexibility index (Phi) is 10.5. The highest BCUT2D eigenvalue weighted by Gasteiger charge is 2.43. The molecule has 2 aromatic heterocycles. The van der Waals surface area contributed by atoms with Gasteiger partial charge < -0.3 is 19.4 Å². The quantitative estimate of drug-likeness (QED) is 0.177. The number of hydrogen-bond acceptors (Lipinski definition) is 11. The number of fused-ring (bicyclic) bond motifs is 2. The minimum Gasteiger partial charge on any atom is -0.488 e. The van der Waals surface area contributed by atoms with E-state index in [0.717, 1.165) is 137 Å². The second kappa shape index (κ2) is 15.9. The summed E-state index contributed by atoms with van der Waals surface area (Å²) >= 11 is 0. The lowest BCUT2D eigenvalue weighted by molar-refractivity contribution is -0.136. The summed E-state index contributed by atoms with van der Waals surface area (Å²) in [6.45, 7) is 17.6. The lowest BCUT2D eigenvalue weighted by Gasteiger charge is -2.50. The lowest BCUT2D eigenvalue weighted by atomic mass is 9.90. The van der Waals surface area contributed by atoms with Crippen LogP contribution in [0, 0.1) is 24.6 Å². The number of H-pyrrole nitrogens is 1. The Bertz CT molecular complexity index is 2410. The fourth-order valence-electron chi connectivity index (χ4n) is 10.8. The zero-order valence-corrected chi connectivity index (χ0v) is 36.5. The van der Waals surface area contributed by atoms with Crippen molar-refractivity contribution in [2.45, 2.75) is 103 Å². The molecule has 0 spiro atoms. The van der Waals surface area contributed by atoms with E-state index < -0.39 is 11.9 Å². The van der Waals surface area contributed by atoms with Crippen LogP contribution in [0.1, 0.15) is 96.5 Å². The molecule has 4 saturated heterocycles. The number of carbonyl (C=O) groups excluding carboxylic acids is 3. The van der Waals surface area contributed by atoms with Crippen molar-refractivity contribution in [1.82, 2.24) is 40.2 Å². The van der Waals surface area contributed by atoms with Crippen LogP contribution in [-0.4, -0.2) is 129 Å². The molecule has 7 heterocycles. The molecule has 1 unspecified atom stereocenters. The van der Waals surface area contributed by atoms with Gasteiger partial charge >= 0.3 is 0 Å². The van der Waals surface area contributed by atoms with Gasteiger partial charge in [0.15, 0.2) is 5.82 Å². The average molecular weight is 851 g/mol. The van der Waals surface area contributed by atoms with Gasteiger partial charge in [0.1, 0.15) is 35.2 Å². The SMILES string of the molecule is Cc1cc(N2CCC(CN3CCN(CC4CCN(c5cc(-c6n[nH]c7ccc(OC8(C)CC8)cc67)ncn5)CC4)C(C)(C)C3)CC2)c(F)c2c1C(=O)N(C1CCC(=O)NC1=O)C2.[HH].[HH]. The predicted octanol–water partition coefficient (Wildman–Crippen LogP) is 6.18. The van der Waals surface area contributed by atoms with Crippen molar-refractivity contribution in [1.29, 1.82) is 0 Å². The minimum absolute atomic E-state index is 0. The lowest BCUT2D eigenvalue weighted by Crippen LogP contribution is -2.61. The van der Waals surface area contributed by atoms with Crippen molar-refractivity contribution in [3.05, 3.63) is 59.2 Å². The number of nitrogens with one attached hydrogen (secondary N) is 2. The highest BCUT2D eigenvalue weighted by molar-refractivity contribution is 6.06. The number of benzene rings is 2. The number of amides is 3. The smallest absolute Gasteiger partial charge is 0.255 e. The molecule has 0 radical (unpaired) electrons. The van der Waals surface area contributed by atoms with E-state index in [0.29, 0.717) is 28.7 Å². The van der Waals surface area contributed by atoms with Crippen molar-refractivity contribution in [2.75, 3.05) is 68.7 Å². The number of aromatic nitrogens is 4. The van der Waals surface area contributed by atoms with Crippen molar-refractivity contribution in [3.8, 4) is 17.1 Å². The molecule has 14 nitrogen and oxygen atoms in total. The zero-order valence-electron chi connectivity index (χ0n) is 36.5. The molecule has 1 saturated carbocycles. The van der Waals surface area contributed by atoms with Crippen molar-refractivity contribution >= 4 is 40.1 Å². The van der Waals surface area contributed by atoms with Gasteiger partial charge in [0, 0.05) is 90.7 Å². The maximum atomic E-state index is 16.2. The van der Waals surface area contributed by atoms with Gasteiger partial charge in [0.2, 0.25) is 11.8 Å². The number of piperazine rings is 1. The molecule has 15 heteroatoms. The minimum atomic E-state index is -0.761. The summed E-state index contributed by atoms with van der Waals surface area (Å²) in [4.78, 5) is 58.3. The Hall–Kier alpha value is -5.15. The number of halogens is 1. The summed E-state index contributed by atoms with van der Waals surface area (Å²) in [6.07, 6.45) is 8.47. The van der Waals surface area contributed by atoms with E-state index in [1.807, 2.05) is 25.1 Å². The summed E-state index contributed by atoms with van der Waals surface area (Å²) in [5.41, 5.74) is 4.61. The Morgan fingerprint density at radius 3 is 2.35 bits per heavy atom. The van der Waals surface area contributed by atoms with Gasteiger partial charge in [-0.15, -0.1) is 0 Å². The molecule has 5 fully saturated rings. The Morgan fingerprint density at radius 1 is 0.887 bits per heavy atom. The van der Waals surface area contributed by atoms with E-state index in [4.69, 9.17) is 9.72 Å². The van der Waals surface area contributed by atoms with Crippen LogP contribution in [-0.2, 0) is 16.1 Å². The summed E-state index contributed by atoms with van der Waals surface area (Å²) < 4.78 is 22.5. The van der Waals surface area contributed by atoms with Gasteiger partial charge in [-0.2, -0.15) is 5.10 Å². The number of aromatic amines is 1. The summed E-state index contributed by atoms with van der Waals surface area (Å²) in [6, 6.07) is 9.24. The van der Waals surface area contributed by atoms with E-state index in [1.54, 1.807) is 6.33 Å². The molecule has 332 valence electrons. The number of piperidine rings is 3. The molecule has 0 bridgehead atoms. The van der Waals surface area contributed by atoms with Crippen LogP contribution in [0.2, 0.25) is 0 Å². The summed E-state index contributed by atoms with van der Waals surface area (Å²) in [7, 11) is 0. The van der Waals surface area contributed by atoms with E-state index >= 15 is 4.39 Å². The van der Waals surface area contributed by atoms with Crippen LogP contribution in [0.4, 0.5) is 15.9 Å². The number of ether oxygens (including phenoxy) is 1. The molecule has 10 rings (SSSR count). The van der Waals surface area contributed by atoms with Crippen molar-refractivity contribution in [2.24, 2.45) is 11.8 Å². The summed E-state index contributed by atoms with van der Waals surface area (Å²) in [5, 5.41) is 11.2. The van der Waals surface area contributed by atoms with Crippen molar-refractivity contribution in [3.63, 3.8) is 0 Å². The Morgan fingerprint density at radius 2 is 1.63 bits per heavy atom. The maximum Gasteiger partial charge on any atom is 0.255 e. The Labute approximate surface area is 365 Å². The average Bonchev–Trinajstić information content (AvgIpc) is 3.65. The van der Waals surface area contributed by atoms with E-state index in [2.05, 4.69) is 73.0 Å². The molecule has 62 heavy (non-hydrogen) atoms. The predicted molar refractivity (Wildman–Crippen MR) is 239 cm³/mol. The molecular formula is C47H63FN10O4. The highest BCUT2D eigenvalue weighted by Crippen LogP contribution is 2.41. The Balaban J connectivity index is 0.00000280. The number of carbonyl (C=O) groups is 3. The van der Waals surface area contributed by atoms with Gasteiger partial charge in [0.25, 0.3) is 5.91 Å². The van der Waals surface area contributed by atoms with Gasteiger partial charge in [-0.25, -0.2) is 14.4 Å². The van der Waals surface area contributed by atoms with E-state index in [-0.39, 0.29) is 51.0 Å². The second-order valence-electron chi connectivity index (χ2n) is 19.7. The van der Waals surface area contributed by atoms with Crippen LogP contribution in [0.5, 0.6) is 5.75 Å². The first-order chi connectivity index (χ1) is 29.8. The molecule has 2 aromatic carbocycles. The molecule has 4 aromatic rings. The van der Waals surface area contributed by atoms with Crippen LogP contribution >= 0.6 is 0 Å². The van der Waals surface area contributed by atoms with E-state index in [9.17, 15) is 14.4 Å². The third kappa shape index (κ3) is 7.90. The van der Waals surface area contributed by atoms with Crippen molar-refractivity contribution < 1.29 is 26.4 Å². The number of anilines is 2. The van der Waals surface area contributed by atoms with Gasteiger partial charge in [-0.05, 0) is 114 Å². The fraction of sp³-hybridized carbons (Fsp3) is 0.574. The first-order valence-corrected chi connectivity index (χ1v) is 22.7. The monoisotopic (exact) mass is 851 g/mol. The molecular weight excluding hydrogens is 788 g/mol. The van der Waals surface area contributed by atoms with Crippen LogP contribution < -0.4 is 19.9 Å². The molecule has 2 N–H and O–H groups in total. The summed E-state index contributed by atoms with van der Waals surface area (Å²) in [5.74, 6) is 1.47. The fourth-order valence-corrected chi connectivity index (χ4v) is 10.8. The number of aryl methyl sites for hydroxylation is 1. The molecule has 6 aliphatic rings. The first kappa shape index (κ1) is 40.9. The number of nitrogens with zero attached hydrogens (tertiary/aromatic N) is 8. The van der Waals surface area contributed by atoms with Gasteiger partial charge in [0.05, 0.1) is 29.0 Å². The maximum absolute atomic E-state index is 16.2. The standard InChI is InChI=1S/C47H59FN10O4.2H2/c1-29-21-38(42(48)34-26-58(45(61)41(29)34)37-7-8-40(59)51-44(37)60)55-15-9-30(10-16-55)24-54-19-20-57(46(2,3)27-54)25-31-11-17-56(18-12-31)39-23-36(49-28-50-39)43-33-22-32(62-47(4)13-14-47)5-6-35(33)52-53-43;;/h5-6,21-23,28,30-31,37H,7-20,24-27H2,1-4H3,(H,52,53)(H,51,59,60);2*1H. The first-order valence-electron chi connectivity index (χ1n) is 22.7. The van der Waals surface area contributed by atoms with Crippen LogP contribution in [0.15, 0.2) is 36.7 Å². The second-order valence-corrected chi connectivity index (χ2v) is 19.7. The van der Waals surface area contributed by atoms with E-state index in [1.165, 1.54) is 4.90 Å². The number of imide groups is 1. The third-order valence-electron chi connectivity index (χ3n) is 14.7. The topological polar surface area (TPSA) is 143 Å².